The first-order valence-electron chi connectivity index (χ1n) is 19.0. The monoisotopic (exact) mass is 703 g/mol. The number of allylic oxidation sites excluding steroid dienone is 1. The molecule has 0 N–H and O–H groups in total. The van der Waals surface area contributed by atoms with E-state index in [1.165, 1.54) is 39.0 Å². The zero-order valence-electron chi connectivity index (χ0n) is 30.3. The number of para-hydroxylation sites is 1. The van der Waals surface area contributed by atoms with Crippen molar-refractivity contribution in [2.75, 3.05) is 0 Å². The highest BCUT2D eigenvalue weighted by Gasteiger charge is 2.18. The summed E-state index contributed by atoms with van der Waals surface area (Å²) in [6.45, 7) is 0. The van der Waals surface area contributed by atoms with Crippen LogP contribution in [0.2, 0.25) is 0 Å². The van der Waals surface area contributed by atoms with E-state index in [1.54, 1.807) is 0 Å². The Labute approximate surface area is 321 Å². The van der Waals surface area contributed by atoms with Crippen LogP contribution in [0.25, 0.3) is 89.9 Å². The second kappa shape index (κ2) is 14.0. The van der Waals surface area contributed by atoms with Gasteiger partial charge in [-0.3, -0.25) is 0 Å². The molecule has 0 bridgehead atoms. The maximum atomic E-state index is 5.17. The van der Waals surface area contributed by atoms with Crippen LogP contribution in [-0.4, -0.2) is 14.5 Å². The van der Waals surface area contributed by atoms with Gasteiger partial charge in [-0.2, -0.15) is 0 Å². The molecular weight excluding hydrogens is 667 g/mol. The summed E-state index contributed by atoms with van der Waals surface area (Å²) in [5.74, 6) is 0.698. The van der Waals surface area contributed by atoms with Crippen LogP contribution in [-0.2, 0) is 6.42 Å². The van der Waals surface area contributed by atoms with Gasteiger partial charge in [0.15, 0.2) is 5.82 Å². The number of fused-ring (bicyclic) bond motifs is 3. The molecule has 3 heteroatoms. The Morgan fingerprint density at radius 2 is 0.873 bits per heavy atom. The van der Waals surface area contributed by atoms with Gasteiger partial charge in [-0.05, 0) is 88.7 Å². The molecule has 7 aromatic carbocycles. The Balaban J connectivity index is 1.03. The summed E-state index contributed by atoms with van der Waals surface area (Å²) in [4.78, 5) is 10.3. The molecule has 0 radical (unpaired) electrons. The first kappa shape index (κ1) is 32.5. The molecule has 0 unspecified atom stereocenters. The van der Waals surface area contributed by atoms with E-state index in [0.29, 0.717) is 5.82 Å². The highest BCUT2D eigenvalue weighted by Crippen LogP contribution is 2.37. The Morgan fingerprint density at radius 3 is 1.47 bits per heavy atom. The van der Waals surface area contributed by atoms with Crippen LogP contribution < -0.4 is 0 Å². The summed E-state index contributed by atoms with van der Waals surface area (Å²) in [7, 11) is 0. The molecule has 10 rings (SSSR count). The third-order valence-corrected chi connectivity index (χ3v) is 10.7. The number of hydrogen-bond acceptors (Lipinski definition) is 2. The van der Waals surface area contributed by atoms with Gasteiger partial charge in [0, 0.05) is 39.0 Å². The minimum atomic E-state index is 0.698. The van der Waals surface area contributed by atoms with Crippen molar-refractivity contribution in [2.45, 2.75) is 12.8 Å². The van der Waals surface area contributed by atoms with Crippen LogP contribution in [0.15, 0.2) is 194 Å². The standard InChI is InChI=1S/C52H37N3/c1-4-14-36(15-5-1)42-32-43(34-44(33-42)52-53-48(40-16-6-2-7-17-40)35-49(54-52)41-18-8-3-9-19-41)39-26-24-37(25-27-39)38-28-30-45(31-29-38)55-50-22-12-10-20-46(50)47-21-11-13-23-51(47)55/h1-12,14-22,24-35H,13,23H2. The molecule has 2 heterocycles. The van der Waals surface area contributed by atoms with E-state index in [0.717, 1.165) is 63.2 Å². The minimum Gasteiger partial charge on any atom is -0.313 e. The molecule has 1 aliphatic carbocycles. The first-order valence-corrected chi connectivity index (χ1v) is 19.0. The van der Waals surface area contributed by atoms with Gasteiger partial charge in [-0.1, -0.05) is 158 Å². The topological polar surface area (TPSA) is 30.7 Å². The van der Waals surface area contributed by atoms with Crippen molar-refractivity contribution in [2.24, 2.45) is 0 Å². The molecule has 55 heavy (non-hydrogen) atoms. The van der Waals surface area contributed by atoms with E-state index >= 15 is 0 Å². The fraction of sp³-hybridized carbons (Fsp3) is 0.0385. The first-order chi connectivity index (χ1) is 27.2. The zero-order chi connectivity index (χ0) is 36.6. The van der Waals surface area contributed by atoms with E-state index in [9.17, 15) is 0 Å². The van der Waals surface area contributed by atoms with E-state index < -0.39 is 0 Å². The van der Waals surface area contributed by atoms with Crippen molar-refractivity contribution in [3.05, 3.63) is 205 Å². The SMILES string of the molecule is C1=Cc2c(n(-c3ccc(-c4ccc(-c5cc(-c6ccccc6)cc(-c6nc(-c7ccccc7)cc(-c7ccccc7)n6)c5)cc4)cc3)c3ccccc23)CC1. The average molecular weight is 704 g/mol. The van der Waals surface area contributed by atoms with Crippen molar-refractivity contribution < 1.29 is 0 Å². The Kier molecular flexibility index (Phi) is 8.31. The number of hydrogen-bond donors (Lipinski definition) is 0. The summed E-state index contributed by atoms with van der Waals surface area (Å²) in [6, 6.07) is 66.8. The zero-order valence-corrected chi connectivity index (χ0v) is 30.3. The number of aromatic nitrogens is 3. The number of nitrogens with zero attached hydrogens (tertiary/aromatic N) is 3. The van der Waals surface area contributed by atoms with Gasteiger partial charge in [0.1, 0.15) is 0 Å². The molecule has 9 aromatic rings. The van der Waals surface area contributed by atoms with Gasteiger partial charge >= 0.3 is 0 Å². The second-order valence-electron chi connectivity index (χ2n) is 14.1. The third kappa shape index (κ3) is 6.26. The van der Waals surface area contributed by atoms with Gasteiger partial charge in [-0.25, -0.2) is 9.97 Å². The predicted molar refractivity (Wildman–Crippen MR) is 229 cm³/mol. The van der Waals surface area contributed by atoms with Crippen LogP contribution >= 0.6 is 0 Å². The van der Waals surface area contributed by atoms with Gasteiger partial charge in [-0.15, -0.1) is 0 Å². The van der Waals surface area contributed by atoms with Crippen molar-refractivity contribution in [3.63, 3.8) is 0 Å². The largest absolute Gasteiger partial charge is 0.313 e. The van der Waals surface area contributed by atoms with Crippen molar-refractivity contribution in [1.29, 1.82) is 0 Å². The third-order valence-electron chi connectivity index (χ3n) is 10.7. The Hall–Kier alpha value is -7.10. The molecule has 1 aliphatic rings. The maximum Gasteiger partial charge on any atom is 0.160 e. The lowest BCUT2D eigenvalue weighted by atomic mass is 9.94. The molecule has 0 amide bonds. The molecule has 0 aliphatic heterocycles. The lowest BCUT2D eigenvalue weighted by Crippen LogP contribution is -2.02. The minimum absolute atomic E-state index is 0.698. The molecule has 260 valence electrons. The van der Waals surface area contributed by atoms with Crippen molar-refractivity contribution >= 4 is 17.0 Å². The van der Waals surface area contributed by atoms with Crippen LogP contribution in [0.3, 0.4) is 0 Å². The summed E-state index contributed by atoms with van der Waals surface area (Å²) in [5, 5.41) is 1.32. The summed E-state index contributed by atoms with van der Waals surface area (Å²) in [6.07, 6.45) is 6.72. The smallest absolute Gasteiger partial charge is 0.160 e. The van der Waals surface area contributed by atoms with Crippen LogP contribution in [0, 0.1) is 0 Å². The molecule has 0 spiro atoms. The molecule has 0 saturated heterocycles. The summed E-state index contributed by atoms with van der Waals surface area (Å²) >= 11 is 0. The lowest BCUT2D eigenvalue weighted by Gasteiger charge is -2.14. The number of benzene rings is 7. The maximum absolute atomic E-state index is 5.17. The van der Waals surface area contributed by atoms with E-state index in [4.69, 9.17) is 9.97 Å². The molecule has 0 atom stereocenters. The summed E-state index contributed by atoms with van der Waals surface area (Å²) in [5.41, 5.74) is 17.0. The average Bonchev–Trinajstić information content (AvgIpc) is 3.61. The summed E-state index contributed by atoms with van der Waals surface area (Å²) < 4.78 is 2.44. The fourth-order valence-electron chi connectivity index (χ4n) is 7.93. The van der Waals surface area contributed by atoms with Crippen LogP contribution in [0.1, 0.15) is 17.7 Å². The number of rotatable bonds is 7. The highest BCUT2D eigenvalue weighted by atomic mass is 15.0. The van der Waals surface area contributed by atoms with Crippen molar-refractivity contribution in [1.82, 2.24) is 14.5 Å². The van der Waals surface area contributed by atoms with Gasteiger partial charge in [0.2, 0.25) is 0 Å². The van der Waals surface area contributed by atoms with Crippen LogP contribution in [0.5, 0.6) is 0 Å². The van der Waals surface area contributed by atoms with Crippen LogP contribution in [0.4, 0.5) is 0 Å². The van der Waals surface area contributed by atoms with E-state index in [-0.39, 0.29) is 0 Å². The lowest BCUT2D eigenvalue weighted by molar-refractivity contribution is 0.888. The van der Waals surface area contributed by atoms with Gasteiger partial charge in [0.25, 0.3) is 0 Å². The van der Waals surface area contributed by atoms with Gasteiger partial charge in [0.05, 0.1) is 16.9 Å². The van der Waals surface area contributed by atoms with Gasteiger partial charge < -0.3 is 4.57 Å². The second-order valence-corrected chi connectivity index (χ2v) is 14.1. The quantitative estimate of drug-likeness (QED) is 0.165. The molecule has 3 nitrogen and oxygen atoms in total. The molecular formula is C52H37N3. The van der Waals surface area contributed by atoms with E-state index in [2.05, 4.69) is 193 Å². The Bertz CT molecular complexity index is 2760. The fourth-order valence-corrected chi connectivity index (χ4v) is 7.93. The van der Waals surface area contributed by atoms with Crippen molar-refractivity contribution in [3.8, 4) is 73.0 Å². The molecule has 0 saturated carbocycles. The highest BCUT2D eigenvalue weighted by molar-refractivity contribution is 5.93. The normalized spacial score (nSPS) is 12.1. The molecule has 0 fully saturated rings. The Morgan fingerprint density at radius 1 is 0.400 bits per heavy atom. The predicted octanol–water partition coefficient (Wildman–Crippen LogP) is 13.4. The molecule has 2 aromatic heterocycles. The van der Waals surface area contributed by atoms with E-state index in [1.807, 2.05) is 12.1 Å².